The van der Waals surface area contributed by atoms with Crippen LogP contribution in [0.15, 0.2) is 12.4 Å². The Morgan fingerprint density at radius 2 is 1.96 bits per heavy atom. The number of ether oxygens (including phenoxy) is 1. The van der Waals surface area contributed by atoms with E-state index in [0.717, 1.165) is 5.82 Å². The highest BCUT2D eigenvalue weighted by molar-refractivity contribution is 6.29. The molecule has 3 rings (SSSR count). The van der Waals surface area contributed by atoms with Crippen molar-refractivity contribution in [2.75, 3.05) is 31.1 Å². The van der Waals surface area contributed by atoms with Gasteiger partial charge in [-0.2, -0.15) is 19.6 Å². The second-order valence-electron chi connectivity index (χ2n) is 6.36. The zero-order valence-corrected chi connectivity index (χ0v) is 14.1. The summed E-state index contributed by atoms with van der Waals surface area (Å²) in [5.41, 5.74) is -0.484. The molecule has 0 N–H and O–H groups in total. The van der Waals surface area contributed by atoms with E-state index < -0.39 is 5.60 Å². The van der Waals surface area contributed by atoms with Crippen LogP contribution in [0.5, 0.6) is 0 Å². The molecule has 1 amide bonds. The SMILES string of the molecule is CC(C)(C)OC(=O)N1CCN(c2cc(Cl)n3ncnc3n2)CC1. The smallest absolute Gasteiger partial charge is 0.410 e. The van der Waals surface area contributed by atoms with Gasteiger partial charge in [0, 0.05) is 32.2 Å². The number of amides is 1. The molecule has 0 aliphatic carbocycles. The Morgan fingerprint density at radius 3 is 2.61 bits per heavy atom. The van der Waals surface area contributed by atoms with Gasteiger partial charge in [-0.3, -0.25) is 0 Å². The van der Waals surface area contributed by atoms with Crippen LogP contribution in [0, 0.1) is 0 Å². The van der Waals surface area contributed by atoms with Crippen molar-refractivity contribution < 1.29 is 9.53 Å². The maximum Gasteiger partial charge on any atom is 0.410 e. The third-order valence-corrected chi connectivity index (χ3v) is 3.72. The molecular formula is C14H19ClN6O2. The van der Waals surface area contributed by atoms with Crippen molar-refractivity contribution in [2.24, 2.45) is 0 Å². The number of fused-ring (bicyclic) bond motifs is 1. The summed E-state index contributed by atoms with van der Waals surface area (Å²) < 4.78 is 6.87. The van der Waals surface area contributed by atoms with E-state index in [1.54, 1.807) is 11.0 Å². The number of piperazine rings is 1. The normalized spacial score (nSPS) is 16.0. The molecular weight excluding hydrogens is 320 g/mol. The van der Waals surface area contributed by atoms with Gasteiger partial charge in [0.1, 0.15) is 22.9 Å². The Morgan fingerprint density at radius 1 is 1.26 bits per heavy atom. The Hall–Kier alpha value is -2.09. The molecule has 1 saturated heterocycles. The molecule has 1 aliphatic heterocycles. The van der Waals surface area contributed by atoms with Gasteiger partial charge in [0.15, 0.2) is 0 Å². The van der Waals surface area contributed by atoms with Crippen molar-refractivity contribution in [1.29, 1.82) is 0 Å². The lowest BCUT2D eigenvalue weighted by Gasteiger charge is -2.36. The van der Waals surface area contributed by atoms with Crippen LogP contribution in [-0.4, -0.2) is 62.4 Å². The summed E-state index contributed by atoms with van der Waals surface area (Å²) in [5, 5.41) is 4.45. The van der Waals surface area contributed by atoms with Gasteiger partial charge in [0.05, 0.1) is 0 Å². The largest absolute Gasteiger partial charge is 0.444 e. The summed E-state index contributed by atoms with van der Waals surface area (Å²) in [6.45, 7) is 8.06. The first-order chi connectivity index (χ1) is 10.8. The topological polar surface area (TPSA) is 75.9 Å². The predicted octanol–water partition coefficient (Wildman–Crippen LogP) is 1.83. The molecule has 0 spiro atoms. The van der Waals surface area contributed by atoms with Crippen molar-refractivity contribution in [3.63, 3.8) is 0 Å². The zero-order valence-electron chi connectivity index (χ0n) is 13.4. The van der Waals surface area contributed by atoms with Gasteiger partial charge in [0.25, 0.3) is 5.78 Å². The van der Waals surface area contributed by atoms with Crippen molar-refractivity contribution >= 4 is 29.3 Å². The number of carbonyl (C=O) groups excluding carboxylic acids is 1. The second kappa shape index (κ2) is 5.84. The maximum absolute atomic E-state index is 12.1. The number of hydrogen-bond donors (Lipinski definition) is 0. The van der Waals surface area contributed by atoms with Gasteiger partial charge < -0.3 is 14.5 Å². The van der Waals surface area contributed by atoms with Crippen molar-refractivity contribution in [1.82, 2.24) is 24.5 Å². The Labute approximate surface area is 139 Å². The molecule has 1 fully saturated rings. The van der Waals surface area contributed by atoms with Crippen molar-refractivity contribution in [2.45, 2.75) is 26.4 Å². The predicted molar refractivity (Wildman–Crippen MR) is 85.8 cm³/mol. The van der Waals surface area contributed by atoms with E-state index in [1.807, 2.05) is 20.8 Å². The van der Waals surface area contributed by atoms with Crippen LogP contribution in [0.25, 0.3) is 5.78 Å². The first kappa shape index (κ1) is 15.8. The number of halogens is 1. The third kappa shape index (κ3) is 3.47. The summed E-state index contributed by atoms with van der Waals surface area (Å²) in [5.74, 6) is 1.20. The molecule has 0 radical (unpaired) electrons. The number of anilines is 1. The maximum atomic E-state index is 12.1. The minimum absolute atomic E-state index is 0.281. The zero-order chi connectivity index (χ0) is 16.6. The fourth-order valence-electron chi connectivity index (χ4n) is 2.37. The van der Waals surface area contributed by atoms with Gasteiger partial charge in [-0.05, 0) is 20.8 Å². The molecule has 0 unspecified atom stereocenters. The summed E-state index contributed by atoms with van der Waals surface area (Å²) in [7, 11) is 0. The molecule has 3 heterocycles. The molecule has 1 aliphatic rings. The summed E-state index contributed by atoms with van der Waals surface area (Å²) in [6, 6.07) is 1.76. The van der Waals surface area contributed by atoms with Gasteiger partial charge >= 0.3 is 6.09 Å². The highest BCUT2D eigenvalue weighted by atomic mass is 35.5. The quantitative estimate of drug-likeness (QED) is 0.738. The molecule has 0 saturated carbocycles. The first-order valence-electron chi connectivity index (χ1n) is 7.43. The van der Waals surface area contributed by atoms with Crippen LogP contribution in [0.4, 0.5) is 10.6 Å². The van der Waals surface area contributed by atoms with Gasteiger partial charge in [-0.25, -0.2) is 4.79 Å². The molecule has 8 nitrogen and oxygen atoms in total. The molecule has 2 aromatic heterocycles. The average Bonchev–Trinajstić information content (AvgIpc) is 2.94. The molecule has 0 aromatic carbocycles. The Kier molecular flexibility index (Phi) is 4.01. The summed E-state index contributed by atoms with van der Waals surface area (Å²) >= 11 is 6.18. The van der Waals surface area contributed by atoms with Crippen molar-refractivity contribution in [3.8, 4) is 0 Å². The van der Waals surface area contributed by atoms with Gasteiger partial charge in [-0.1, -0.05) is 11.6 Å². The van der Waals surface area contributed by atoms with E-state index in [9.17, 15) is 4.79 Å². The number of nitrogens with zero attached hydrogens (tertiary/aromatic N) is 6. The molecule has 124 valence electrons. The lowest BCUT2D eigenvalue weighted by molar-refractivity contribution is 0.0240. The van der Waals surface area contributed by atoms with Crippen LogP contribution < -0.4 is 4.90 Å². The van der Waals surface area contributed by atoms with E-state index in [0.29, 0.717) is 37.1 Å². The molecule has 0 bridgehead atoms. The van der Waals surface area contributed by atoms with Crippen molar-refractivity contribution in [3.05, 3.63) is 17.5 Å². The number of rotatable bonds is 1. The minimum atomic E-state index is -0.484. The lowest BCUT2D eigenvalue weighted by Crippen LogP contribution is -2.50. The van der Waals surface area contributed by atoms with Crippen LogP contribution >= 0.6 is 11.6 Å². The van der Waals surface area contributed by atoms with E-state index in [4.69, 9.17) is 16.3 Å². The van der Waals surface area contributed by atoms with Gasteiger partial charge in [0.2, 0.25) is 0 Å². The first-order valence-corrected chi connectivity index (χ1v) is 7.80. The van der Waals surface area contributed by atoms with Crippen LogP contribution in [-0.2, 0) is 4.74 Å². The Balaban J connectivity index is 1.67. The van der Waals surface area contributed by atoms with E-state index >= 15 is 0 Å². The fraction of sp³-hybridized carbons (Fsp3) is 0.571. The minimum Gasteiger partial charge on any atom is -0.444 e. The number of carbonyl (C=O) groups is 1. The highest BCUT2D eigenvalue weighted by Gasteiger charge is 2.26. The van der Waals surface area contributed by atoms with Crippen LogP contribution in [0.3, 0.4) is 0 Å². The van der Waals surface area contributed by atoms with E-state index in [2.05, 4.69) is 20.0 Å². The molecule has 23 heavy (non-hydrogen) atoms. The van der Waals surface area contributed by atoms with E-state index in [1.165, 1.54) is 10.8 Å². The average molecular weight is 339 g/mol. The standard InChI is InChI=1S/C14H19ClN6O2/c1-14(2,3)23-13(22)20-6-4-19(5-7-20)11-8-10(15)21-12(18-11)16-9-17-21/h8-9H,4-7H2,1-3H3. The van der Waals surface area contributed by atoms with Gasteiger partial charge in [-0.15, -0.1) is 0 Å². The summed E-state index contributed by atoms with van der Waals surface area (Å²) in [6.07, 6.45) is 1.13. The second-order valence-corrected chi connectivity index (χ2v) is 6.75. The highest BCUT2D eigenvalue weighted by Crippen LogP contribution is 2.20. The third-order valence-electron chi connectivity index (χ3n) is 3.45. The monoisotopic (exact) mass is 338 g/mol. The summed E-state index contributed by atoms with van der Waals surface area (Å²) in [4.78, 5) is 24.4. The van der Waals surface area contributed by atoms with Crippen LogP contribution in [0.2, 0.25) is 5.15 Å². The number of hydrogen-bond acceptors (Lipinski definition) is 6. The number of aromatic nitrogens is 4. The molecule has 9 heteroatoms. The van der Waals surface area contributed by atoms with Crippen LogP contribution in [0.1, 0.15) is 20.8 Å². The lowest BCUT2D eigenvalue weighted by atomic mass is 10.2. The molecule has 2 aromatic rings. The molecule has 0 atom stereocenters. The fourth-order valence-corrected chi connectivity index (χ4v) is 2.59. The Bertz CT molecular complexity index is 718. The van der Waals surface area contributed by atoms with E-state index in [-0.39, 0.29) is 6.09 Å².